The third-order valence-corrected chi connectivity index (χ3v) is 1.54. The van der Waals surface area contributed by atoms with Crippen molar-refractivity contribution < 1.29 is 20.8 Å². The van der Waals surface area contributed by atoms with Crippen LogP contribution in [0.2, 0.25) is 0 Å². The molecule has 0 bridgehead atoms. The fourth-order valence-corrected chi connectivity index (χ4v) is 0.854. The summed E-state index contributed by atoms with van der Waals surface area (Å²) in [5.41, 5.74) is 1.12. The van der Waals surface area contributed by atoms with Crippen LogP contribution < -0.4 is 0 Å². The summed E-state index contributed by atoms with van der Waals surface area (Å²) in [6.07, 6.45) is 6.43. The first kappa shape index (κ1) is 10.7. The zero-order valence-corrected chi connectivity index (χ0v) is 8.01. The summed E-state index contributed by atoms with van der Waals surface area (Å²) in [5.74, 6) is 0. The third-order valence-electron chi connectivity index (χ3n) is 1.31. The van der Waals surface area contributed by atoms with Gasteiger partial charge in [-0.05, 0) is 0 Å². The van der Waals surface area contributed by atoms with E-state index < -0.39 is 0 Å². The van der Waals surface area contributed by atoms with Crippen LogP contribution in [0, 0.1) is 0 Å². The topological polar surface area (TPSA) is 17.1 Å². The van der Waals surface area contributed by atoms with E-state index >= 15 is 0 Å². The Morgan fingerprint density at radius 2 is 2.09 bits per heavy atom. The Kier molecular flexibility index (Phi) is 6.19. The minimum atomic E-state index is 0.829. The van der Waals surface area contributed by atoms with Crippen molar-refractivity contribution in [3.63, 3.8) is 0 Å². The van der Waals surface area contributed by atoms with E-state index in [1.165, 1.54) is 0 Å². The van der Waals surface area contributed by atoms with Gasteiger partial charge in [-0.1, -0.05) is 0 Å². The van der Waals surface area contributed by atoms with Gasteiger partial charge in [0.1, 0.15) is 0 Å². The molecule has 0 saturated heterocycles. The minimum absolute atomic E-state index is 0.829. The maximum atomic E-state index is 10.0. The van der Waals surface area contributed by atoms with Gasteiger partial charge in [0, 0.05) is 0 Å². The van der Waals surface area contributed by atoms with Crippen molar-refractivity contribution >= 4 is 6.29 Å². The Hall–Kier alpha value is -0.331. The second-order valence-electron chi connectivity index (χ2n) is 2.46. The van der Waals surface area contributed by atoms with Gasteiger partial charge >= 0.3 is 76.0 Å². The van der Waals surface area contributed by atoms with Gasteiger partial charge in [-0.3, -0.25) is 0 Å². The number of rotatable bonds is 4. The quantitative estimate of drug-likeness (QED) is 0.380. The summed E-state index contributed by atoms with van der Waals surface area (Å²) >= 11 is 3.75. The van der Waals surface area contributed by atoms with Gasteiger partial charge in [0.05, 0.1) is 0 Å². The van der Waals surface area contributed by atoms with Crippen molar-refractivity contribution in [3.8, 4) is 0 Å². The van der Waals surface area contributed by atoms with E-state index in [1.807, 2.05) is 13.8 Å². The van der Waals surface area contributed by atoms with E-state index in [4.69, 9.17) is 0 Å². The molecule has 62 valence electrons. The standard InChI is InChI=1S/C9H13O.Fe/c1-3-4-5-6-9(2)7-8-10;/h4,7-8H,5-6H2,1-2H3;/q;+1/b4-3?,9-7-;. The third kappa shape index (κ3) is 7.57. The van der Waals surface area contributed by atoms with E-state index in [-0.39, 0.29) is 0 Å². The van der Waals surface area contributed by atoms with Gasteiger partial charge in [-0.25, -0.2) is 0 Å². The molecule has 0 aromatic rings. The predicted octanol–water partition coefficient (Wildman–Crippen LogP) is 2.36. The van der Waals surface area contributed by atoms with Gasteiger partial charge in [-0.2, -0.15) is 0 Å². The fraction of sp³-hybridized carbons (Fsp3) is 0.444. The molecule has 0 saturated carbocycles. The number of aldehydes is 1. The maximum absolute atomic E-state index is 10.0. The Bertz CT molecular complexity index is 176. The number of allylic oxidation sites excluding steroid dienone is 4. The average molecular weight is 193 g/mol. The summed E-state index contributed by atoms with van der Waals surface area (Å²) in [6, 6.07) is 0. The first-order valence-electron chi connectivity index (χ1n) is 3.58. The molecular weight excluding hydrogens is 180 g/mol. The molecule has 0 unspecified atom stereocenters. The Labute approximate surface area is 76.4 Å². The Morgan fingerprint density at radius 1 is 1.45 bits per heavy atom. The van der Waals surface area contributed by atoms with Crippen molar-refractivity contribution in [2.45, 2.75) is 26.7 Å². The van der Waals surface area contributed by atoms with Crippen LogP contribution >= 0.6 is 0 Å². The van der Waals surface area contributed by atoms with E-state index in [1.54, 1.807) is 6.08 Å². The molecule has 2 heteroatoms. The Balaban J connectivity index is 3.63. The van der Waals surface area contributed by atoms with Gasteiger partial charge in [-0.15, -0.1) is 0 Å². The molecule has 0 spiro atoms. The zero-order chi connectivity index (χ0) is 8.69. The van der Waals surface area contributed by atoms with Crippen molar-refractivity contribution in [1.82, 2.24) is 0 Å². The molecule has 0 aliphatic rings. The van der Waals surface area contributed by atoms with Gasteiger partial charge < -0.3 is 0 Å². The molecule has 0 N–H and O–H groups in total. The second-order valence-corrected chi connectivity index (χ2v) is 3.33. The number of hydrogen-bond acceptors (Lipinski definition) is 1. The van der Waals surface area contributed by atoms with Crippen LogP contribution in [0.5, 0.6) is 0 Å². The van der Waals surface area contributed by atoms with Crippen LogP contribution in [0.15, 0.2) is 22.2 Å². The monoisotopic (exact) mass is 193 g/mol. The summed E-state index contributed by atoms with van der Waals surface area (Å²) in [7, 11) is 0. The van der Waals surface area contributed by atoms with Gasteiger partial charge in [0.2, 0.25) is 0 Å². The molecule has 0 heterocycles. The van der Waals surface area contributed by atoms with Crippen LogP contribution in [-0.4, -0.2) is 6.29 Å². The summed E-state index contributed by atoms with van der Waals surface area (Å²) in [5, 5.41) is 0. The molecule has 1 nitrogen and oxygen atoms in total. The van der Waals surface area contributed by atoms with Crippen LogP contribution in [0.1, 0.15) is 26.7 Å². The molecule has 0 aliphatic heterocycles. The van der Waals surface area contributed by atoms with E-state index in [9.17, 15) is 4.79 Å². The normalized spacial score (nSPS) is 13.4. The van der Waals surface area contributed by atoms with Gasteiger partial charge in [0.25, 0.3) is 0 Å². The number of carbonyl (C=O) groups excluding carboxylic acids is 1. The first-order chi connectivity index (χ1) is 5.16. The molecule has 0 radical (unpaired) electrons. The summed E-state index contributed by atoms with van der Waals surface area (Å²) in [6.45, 7) is 3.93. The summed E-state index contributed by atoms with van der Waals surface area (Å²) < 4.78 is 1.09. The fourth-order valence-electron chi connectivity index (χ4n) is 0.695. The second kappa shape index (κ2) is 6.38. The number of carbonyl (C=O) groups is 1. The molecule has 0 fully saturated rings. The first-order valence-corrected chi connectivity index (χ1v) is 4.14. The SMILES string of the molecule is C[C]([Fe+])=CCC/C(C)=C\C=O. The van der Waals surface area contributed by atoms with Crippen LogP contribution in [0.3, 0.4) is 0 Å². The van der Waals surface area contributed by atoms with Crippen LogP contribution in [0.4, 0.5) is 0 Å². The zero-order valence-electron chi connectivity index (χ0n) is 6.91. The molecule has 0 aliphatic carbocycles. The van der Waals surface area contributed by atoms with E-state index in [2.05, 4.69) is 22.1 Å². The van der Waals surface area contributed by atoms with Crippen molar-refractivity contribution in [2.24, 2.45) is 0 Å². The molecule has 0 rings (SSSR count). The van der Waals surface area contributed by atoms with Crippen LogP contribution in [0.25, 0.3) is 0 Å². The number of hydrogen-bond donors (Lipinski definition) is 0. The van der Waals surface area contributed by atoms with Crippen molar-refractivity contribution in [3.05, 3.63) is 22.2 Å². The van der Waals surface area contributed by atoms with E-state index in [0.29, 0.717) is 0 Å². The molecule has 0 amide bonds. The van der Waals surface area contributed by atoms with Gasteiger partial charge in [0.15, 0.2) is 0 Å². The Morgan fingerprint density at radius 3 is 2.55 bits per heavy atom. The molecule has 11 heavy (non-hydrogen) atoms. The molecular formula is C9H13FeO+. The van der Waals surface area contributed by atoms with Crippen LogP contribution in [-0.2, 0) is 20.8 Å². The van der Waals surface area contributed by atoms with Crippen molar-refractivity contribution in [1.29, 1.82) is 0 Å². The average Bonchev–Trinajstić information content (AvgIpc) is 1.87. The van der Waals surface area contributed by atoms with E-state index in [0.717, 1.165) is 29.2 Å². The summed E-state index contributed by atoms with van der Waals surface area (Å²) in [4.78, 5) is 10.0. The van der Waals surface area contributed by atoms with Crippen molar-refractivity contribution in [2.75, 3.05) is 0 Å². The predicted molar refractivity (Wildman–Crippen MR) is 42.8 cm³/mol. The molecule has 0 aromatic heterocycles. The molecule has 0 atom stereocenters. The molecule has 0 aromatic carbocycles.